The number of unbranched alkanes of at least 4 members (excludes halogenated alkanes) is 27. The normalized spacial score (nSPS) is 12.9. The van der Waals surface area contributed by atoms with Gasteiger partial charge in [0.15, 0.2) is 6.10 Å². The van der Waals surface area contributed by atoms with Crippen LogP contribution in [0.15, 0.2) is 122 Å². The van der Waals surface area contributed by atoms with Crippen molar-refractivity contribution in [2.45, 2.75) is 303 Å². The van der Waals surface area contributed by atoms with Crippen LogP contribution in [0.25, 0.3) is 0 Å². The molecule has 0 bridgehead atoms. The predicted octanol–water partition coefficient (Wildman–Crippen LogP) is 22.4. The van der Waals surface area contributed by atoms with Crippen molar-refractivity contribution < 1.29 is 28.6 Å². The molecule has 0 saturated heterocycles. The molecule has 0 heterocycles. The third kappa shape index (κ3) is 62.7. The first kappa shape index (κ1) is 73.8. The third-order valence-corrected chi connectivity index (χ3v) is 13.7. The highest BCUT2D eigenvalue weighted by molar-refractivity contribution is 5.71. The van der Waals surface area contributed by atoms with Crippen LogP contribution in [0.1, 0.15) is 297 Å². The van der Waals surface area contributed by atoms with Gasteiger partial charge >= 0.3 is 17.9 Å². The molecule has 0 aromatic heterocycles. The van der Waals surface area contributed by atoms with E-state index in [9.17, 15) is 14.4 Å². The lowest BCUT2D eigenvalue weighted by atomic mass is 10.1. The lowest BCUT2D eigenvalue weighted by Gasteiger charge is -2.18. The average molecular weight is 1080 g/mol. The SMILES string of the molecule is CC/C=C\C/C=C\C/C=C\C/C=C\C/C=C\CCCCCCCC(=O)OCC(COC(=O)CCCCCCCCC/C=C\C/C=C\CCCCCC)OC(=O)CCCCCCCC/C=C\C/C=C\C/C=C\CCCCCCC. The maximum Gasteiger partial charge on any atom is 0.306 e. The Morgan fingerprint density at radius 3 is 0.795 bits per heavy atom. The van der Waals surface area contributed by atoms with Crippen molar-refractivity contribution in [1.29, 1.82) is 0 Å². The average Bonchev–Trinajstić information content (AvgIpc) is 3.44. The molecule has 0 aromatic rings. The molecule has 0 rings (SSSR count). The number of hydrogen-bond acceptors (Lipinski definition) is 6. The molecule has 1 unspecified atom stereocenters. The van der Waals surface area contributed by atoms with Gasteiger partial charge in [-0.3, -0.25) is 14.4 Å². The van der Waals surface area contributed by atoms with Gasteiger partial charge in [0.05, 0.1) is 0 Å². The van der Waals surface area contributed by atoms with Crippen LogP contribution in [-0.4, -0.2) is 37.2 Å². The molecule has 0 saturated carbocycles. The van der Waals surface area contributed by atoms with E-state index in [4.69, 9.17) is 14.2 Å². The standard InChI is InChI=1S/C72H120O6/c1-4-7-10-13-16-19-22-25-28-31-34-36-38-41-44-47-50-53-56-59-62-65-71(74)77-68-69(67-76-70(73)64-61-58-55-52-49-46-43-40-33-30-27-24-21-18-15-12-9-6-3)78-72(75)66-63-60-57-54-51-48-45-42-39-37-35-32-29-26-23-20-17-14-11-8-5-2/h7,10,16,19,21,23-26,28,30,32-36,39,41-42,44,69H,4-6,8-9,11-15,17-18,20,22,27,29,31,37-38,40,43,45-68H2,1-3H3/b10-7-,19-16-,24-21-,26-23-,28-25-,33-30-,35-32-,36-34-,42-39-,44-41-. The minimum Gasteiger partial charge on any atom is -0.462 e. The summed E-state index contributed by atoms with van der Waals surface area (Å²) < 4.78 is 16.9. The van der Waals surface area contributed by atoms with Gasteiger partial charge in [-0.2, -0.15) is 0 Å². The Hall–Kier alpha value is -4.19. The molecule has 6 heteroatoms. The van der Waals surface area contributed by atoms with Gasteiger partial charge in [0.25, 0.3) is 0 Å². The summed E-state index contributed by atoms with van der Waals surface area (Å²) in [5.74, 6) is -0.930. The van der Waals surface area contributed by atoms with Crippen LogP contribution in [0.2, 0.25) is 0 Å². The van der Waals surface area contributed by atoms with E-state index in [1.165, 1.54) is 109 Å². The Morgan fingerprint density at radius 1 is 0.269 bits per heavy atom. The largest absolute Gasteiger partial charge is 0.462 e. The summed E-state index contributed by atoms with van der Waals surface area (Å²) in [4.78, 5) is 38.4. The summed E-state index contributed by atoms with van der Waals surface area (Å²) >= 11 is 0. The molecule has 0 spiro atoms. The minimum atomic E-state index is -0.803. The van der Waals surface area contributed by atoms with Gasteiger partial charge < -0.3 is 14.2 Å². The Balaban J connectivity index is 4.48. The van der Waals surface area contributed by atoms with E-state index in [2.05, 4.69) is 142 Å². The second kappa shape index (κ2) is 65.3. The fraction of sp³-hybridized carbons (Fsp3) is 0.681. The highest BCUT2D eigenvalue weighted by Crippen LogP contribution is 2.15. The maximum atomic E-state index is 12.9. The van der Waals surface area contributed by atoms with Crippen molar-refractivity contribution in [2.24, 2.45) is 0 Å². The second-order valence-electron chi connectivity index (χ2n) is 21.3. The van der Waals surface area contributed by atoms with Gasteiger partial charge in [0.2, 0.25) is 0 Å². The third-order valence-electron chi connectivity index (χ3n) is 13.7. The Labute approximate surface area is 482 Å². The molecule has 444 valence electrons. The van der Waals surface area contributed by atoms with Crippen molar-refractivity contribution in [3.8, 4) is 0 Å². The molecular formula is C72H120O6. The van der Waals surface area contributed by atoms with Crippen LogP contribution in [-0.2, 0) is 28.6 Å². The highest BCUT2D eigenvalue weighted by atomic mass is 16.6. The fourth-order valence-corrected chi connectivity index (χ4v) is 8.80. The van der Waals surface area contributed by atoms with Crippen molar-refractivity contribution in [2.75, 3.05) is 13.2 Å². The Kier molecular flexibility index (Phi) is 61.8. The Morgan fingerprint density at radius 2 is 0.500 bits per heavy atom. The quantitative estimate of drug-likeness (QED) is 0.0261. The summed E-state index contributed by atoms with van der Waals surface area (Å²) in [6.45, 7) is 6.48. The van der Waals surface area contributed by atoms with Crippen LogP contribution >= 0.6 is 0 Å². The molecule has 0 amide bonds. The fourth-order valence-electron chi connectivity index (χ4n) is 8.80. The lowest BCUT2D eigenvalue weighted by Crippen LogP contribution is -2.30. The molecule has 0 N–H and O–H groups in total. The molecule has 6 nitrogen and oxygen atoms in total. The number of esters is 3. The Bertz CT molecular complexity index is 1620. The van der Waals surface area contributed by atoms with Crippen LogP contribution in [0.5, 0.6) is 0 Å². The van der Waals surface area contributed by atoms with Crippen molar-refractivity contribution >= 4 is 17.9 Å². The topological polar surface area (TPSA) is 78.9 Å². The number of ether oxygens (including phenoxy) is 3. The smallest absolute Gasteiger partial charge is 0.306 e. The summed E-state index contributed by atoms with van der Waals surface area (Å²) in [5, 5.41) is 0. The van der Waals surface area contributed by atoms with E-state index in [0.717, 1.165) is 148 Å². The van der Waals surface area contributed by atoms with Gasteiger partial charge in [0, 0.05) is 19.3 Å². The second-order valence-corrected chi connectivity index (χ2v) is 21.3. The van der Waals surface area contributed by atoms with Gasteiger partial charge in [-0.15, -0.1) is 0 Å². The summed E-state index contributed by atoms with van der Waals surface area (Å²) in [6, 6.07) is 0. The van der Waals surface area contributed by atoms with E-state index < -0.39 is 6.10 Å². The molecule has 0 aliphatic carbocycles. The summed E-state index contributed by atoms with van der Waals surface area (Å²) in [7, 11) is 0. The number of carbonyl (C=O) groups excluding carboxylic acids is 3. The zero-order chi connectivity index (χ0) is 56.4. The number of rotatable bonds is 58. The molecule has 0 aliphatic rings. The van der Waals surface area contributed by atoms with Crippen molar-refractivity contribution in [3.63, 3.8) is 0 Å². The van der Waals surface area contributed by atoms with Gasteiger partial charge in [0.1, 0.15) is 13.2 Å². The van der Waals surface area contributed by atoms with E-state index in [1.54, 1.807) is 0 Å². The van der Waals surface area contributed by atoms with Gasteiger partial charge in [-0.05, 0) is 135 Å². The summed E-state index contributed by atoms with van der Waals surface area (Å²) in [5.41, 5.74) is 0. The van der Waals surface area contributed by atoms with Crippen LogP contribution in [0, 0.1) is 0 Å². The molecule has 0 fully saturated rings. The van der Waals surface area contributed by atoms with E-state index in [0.29, 0.717) is 19.3 Å². The van der Waals surface area contributed by atoms with E-state index in [-0.39, 0.29) is 31.1 Å². The monoisotopic (exact) mass is 1080 g/mol. The van der Waals surface area contributed by atoms with Crippen molar-refractivity contribution in [3.05, 3.63) is 122 Å². The highest BCUT2D eigenvalue weighted by Gasteiger charge is 2.19. The molecule has 78 heavy (non-hydrogen) atoms. The number of hydrogen-bond donors (Lipinski definition) is 0. The minimum absolute atomic E-state index is 0.0963. The first-order valence-electron chi connectivity index (χ1n) is 32.5. The molecular weight excluding hydrogens is 961 g/mol. The molecule has 0 aromatic carbocycles. The van der Waals surface area contributed by atoms with Crippen molar-refractivity contribution in [1.82, 2.24) is 0 Å². The van der Waals surface area contributed by atoms with Crippen LogP contribution in [0.4, 0.5) is 0 Å². The zero-order valence-electron chi connectivity index (χ0n) is 50.9. The number of carbonyl (C=O) groups is 3. The lowest BCUT2D eigenvalue weighted by molar-refractivity contribution is -0.167. The van der Waals surface area contributed by atoms with Crippen LogP contribution < -0.4 is 0 Å². The maximum absolute atomic E-state index is 12.9. The first-order valence-corrected chi connectivity index (χ1v) is 32.5. The molecule has 1 atom stereocenters. The first-order chi connectivity index (χ1) is 38.5. The number of allylic oxidation sites excluding steroid dienone is 20. The predicted molar refractivity (Wildman–Crippen MR) is 339 cm³/mol. The summed E-state index contributed by atoms with van der Waals surface area (Å²) in [6.07, 6.45) is 90.5. The van der Waals surface area contributed by atoms with E-state index in [1.807, 2.05) is 0 Å². The van der Waals surface area contributed by atoms with Crippen LogP contribution in [0.3, 0.4) is 0 Å². The zero-order valence-corrected chi connectivity index (χ0v) is 50.9. The molecule has 0 aliphatic heterocycles. The van der Waals surface area contributed by atoms with Gasteiger partial charge in [-0.25, -0.2) is 0 Å². The molecule has 0 radical (unpaired) electrons. The van der Waals surface area contributed by atoms with E-state index >= 15 is 0 Å². The van der Waals surface area contributed by atoms with Gasteiger partial charge in [-0.1, -0.05) is 264 Å².